The van der Waals surface area contributed by atoms with E-state index in [4.69, 9.17) is 21.8 Å². The van der Waals surface area contributed by atoms with Crippen molar-refractivity contribution in [3.8, 4) is 17.3 Å². The molecule has 0 bridgehead atoms. The van der Waals surface area contributed by atoms with Crippen molar-refractivity contribution in [2.45, 2.75) is 4.90 Å². The largest absolute Gasteiger partial charge is 0.461 e. The van der Waals surface area contributed by atoms with Gasteiger partial charge in [0.05, 0.1) is 16.8 Å². The Kier molecular flexibility index (Phi) is 3.24. The van der Waals surface area contributed by atoms with Crippen LogP contribution < -0.4 is 5.14 Å². The first kappa shape index (κ1) is 13.7. The molecule has 3 aromatic rings. The molecule has 0 aliphatic heterocycles. The first-order chi connectivity index (χ1) is 9.97. The predicted octanol–water partition coefficient (Wildman–Crippen LogP) is 1.84. The summed E-state index contributed by atoms with van der Waals surface area (Å²) in [6.07, 6.45) is 1.53. The highest BCUT2D eigenvalue weighted by Gasteiger charge is 2.14. The van der Waals surface area contributed by atoms with Crippen molar-refractivity contribution < 1.29 is 12.8 Å². The van der Waals surface area contributed by atoms with Crippen molar-refractivity contribution in [2.24, 2.45) is 5.14 Å². The third kappa shape index (κ3) is 2.53. The topological polar surface area (TPSA) is 107 Å². The van der Waals surface area contributed by atoms with Crippen molar-refractivity contribution in [3.05, 3.63) is 47.4 Å². The molecule has 108 valence electrons. The molecule has 0 aliphatic rings. The summed E-state index contributed by atoms with van der Waals surface area (Å²) in [5.41, 5.74) is 0.646. The van der Waals surface area contributed by atoms with Gasteiger partial charge in [-0.2, -0.15) is 5.10 Å². The molecule has 2 aromatic heterocycles. The number of benzene rings is 1. The number of H-pyrrole nitrogens is 1. The highest BCUT2D eigenvalue weighted by molar-refractivity contribution is 7.89. The monoisotopic (exact) mass is 322 g/mol. The average molecular weight is 322 g/mol. The van der Waals surface area contributed by atoms with Gasteiger partial charge >= 0.3 is 0 Å². The number of nitrogens with zero attached hydrogens (tertiary/aromatic N) is 2. The SMILES string of the molecule is NS(=O)(=O)c1ccc(-n2c(-c3ccco3)n[nH]c2=S)cc1. The number of nitrogens with one attached hydrogen (secondary N) is 1. The van der Waals surface area contributed by atoms with Crippen molar-refractivity contribution in [3.63, 3.8) is 0 Å². The molecule has 0 fully saturated rings. The van der Waals surface area contributed by atoms with Crippen LogP contribution in [0.25, 0.3) is 17.3 Å². The van der Waals surface area contributed by atoms with E-state index in [2.05, 4.69) is 10.2 Å². The lowest BCUT2D eigenvalue weighted by molar-refractivity contribution is 0.575. The highest BCUT2D eigenvalue weighted by Crippen LogP contribution is 2.22. The quantitative estimate of drug-likeness (QED) is 0.715. The minimum absolute atomic E-state index is 0.0285. The molecule has 21 heavy (non-hydrogen) atoms. The van der Waals surface area contributed by atoms with Crippen LogP contribution in [-0.4, -0.2) is 23.2 Å². The Morgan fingerprint density at radius 2 is 1.95 bits per heavy atom. The number of aromatic nitrogens is 3. The second-order valence-corrected chi connectivity index (χ2v) is 6.15. The van der Waals surface area contributed by atoms with Crippen molar-refractivity contribution in [1.29, 1.82) is 0 Å². The van der Waals surface area contributed by atoms with E-state index in [0.717, 1.165) is 0 Å². The van der Waals surface area contributed by atoms with Crippen LogP contribution in [0.4, 0.5) is 0 Å². The second-order valence-electron chi connectivity index (χ2n) is 4.20. The number of nitrogens with two attached hydrogens (primary N) is 1. The van der Waals surface area contributed by atoms with Gasteiger partial charge in [0.25, 0.3) is 0 Å². The fraction of sp³-hybridized carbons (Fsp3) is 0. The third-order valence-electron chi connectivity index (χ3n) is 2.84. The van der Waals surface area contributed by atoms with Crippen molar-refractivity contribution in [2.75, 3.05) is 0 Å². The van der Waals surface area contributed by atoms with E-state index >= 15 is 0 Å². The fourth-order valence-corrected chi connectivity index (χ4v) is 2.65. The molecule has 0 unspecified atom stereocenters. The maximum Gasteiger partial charge on any atom is 0.238 e. The van der Waals surface area contributed by atoms with Gasteiger partial charge in [0.1, 0.15) is 0 Å². The number of primary sulfonamides is 1. The average Bonchev–Trinajstić information content (AvgIpc) is 3.06. The molecular formula is C12H10N4O3S2. The lowest BCUT2D eigenvalue weighted by Gasteiger charge is -2.06. The van der Waals surface area contributed by atoms with Crippen LogP contribution in [0, 0.1) is 4.77 Å². The number of furan rings is 1. The molecule has 0 amide bonds. The van der Waals surface area contributed by atoms with Gasteiger partial charge < -0.3 is 4.42 Å². The van der Waals surface area contributed by atoms with Crippen molar-refractivity contribution in [1.82, 2.24) is 14.8 Å². The van der Waals surface area contributed by atoms with E-state index in [9.17, 15) is 8.42 Å². The first-order valence-electron chi connectivity index (χ1n) is 5.81. The van der Waals surface area contributed by atoms with Crippen LogP contribution in [0.1, 0.15) is 0 Å². The molecule has 1 aromatic carbocycles. The summed E-state index contributed by atoms with van der Waals surface area (Å²) in [6, 6.07) is 9.49. The molecule has 0 spiro atoms. The maximum absolute atomic E-state index is 11.3. The molecular weight excluding hydrogens is 312 g/mol. The molecule has 0 atom stereocenters. The summed E-state index contributed by atoms with van der Waals surface area (Å²) in [7, 11) is -3.73. The zero-order chi connectivity index (χ0) is 15.0. The summed E-state index contributed by atoms with van der Waals surface area (Å²) >= 11 is 5.20. The van der Waals surface area contributed by atoms with Gasteiger partial charge in [-0.05, 0) is 48.6 Å². The zero-order valence-corrected chi connectivity index (χ0v) is 12.2. The van der Waals surface area contributed by atoms with E-state index in [0.29, 0.717) is 22.0 Å². The maximum atomic E-state index is 11.3. The van der Waals surface area contributed by atoms with Crippen LogP contribution in [0.5, 0.6) is 0 Å². The lowest BCUT2D eigenvalue weighted by Crippen LogP contribution is -2.12. The molecule has 0 radical (unpaired) electrons. The van der Waals surface area contributed by atoms with Gasteiger partial charge in [-0.25, -0.2) is 13.6 Å². The standard InChI is InChI=1S/C12H10N4O3S2/c13-21(17,18)9-5-3-8(4-6-9)16-11(14-15-12(16)20)10-2-1-7-19-10/h1-7H,(H,15,20)(H2,13,17,18). The second kappa shape index (κ2) is 4.95. The van der Waals surface area contributed by atoms with E-state index in [1.807, 2.05) is 0 Å². The fourth-order valence-electron chi connectivity index (χ4n) is 1.89. The molecule has 7 nitrogen and oxygen atoms in total. The minimum atomic E-state index is -3.73. The normalized spacial score (nSPS) is 11.7. The highest BCUT2D eigenvalue weighted by atomic mass is 32.2. The summed E-state index contributed by atoms with van der Waals surface area (Å²) in [5.74, 6) is 1.03. The third-order valence-corrected chi connectivity index (χ3v) is 4.04. The molecule has 0 saturated heterocycles. The smallest absolute Gasteiger partial charge is 0.238 e. The van der Waals surface area contributed by atoms with E-state index < -0.39 is 10.0 Å². The van der Waals surface area contributed by atoms with Crippen molar-refractivity contribution >= 4 is 22.2 Å². The van der Waals surface area contributed by atoms with Crippen LogP contribution >= 0.6 is 12.2 Å². The summed E-state index contributed by atoms with van der Waals surface area (Å²) in [5, 5.41) is 11.9. The van der Waals surface area contributed by atoms with Gasteiger partial charge in [-0.1, -0.05) is 0 Å². The summed E-state index contributed by atoms with van der Waals surface area (Å²) < 4.78 is 29.8. The number of hydrogen-bond donors (Lipinski definition) is 2. The Morgan fingerprint density at radius 1 is 1.24 bits per heavy atom. The molecule has 2 heterocycles. The van der Waals surface area contributed by atoms with Gasteiger partial charge in [0.2, 0.25) is 15.8 Å². The first-order valence-corrected chi connectivity index (χ1v) is 7.77. The van der Waals surface area contributed by atoms with Gasteiger partial charge in [-0.15, -0.1) is 0 Å². The zero-order valence-electron chi connectivity index (χ0n) is 10.6. The predicted molar refractivity (Wildman–Crippen MR) is 77.8 cm³/mol. The van der Waals surface area contributed by atoms with Crippen LogP contribution in [-0.2, 0) is 10.0 Å². The Bertz CT molecular complexity index is 922. The molecule has 0 aliphatic carbocycles. The molecule has 0 saturated carbocycles. The molecule has 3 rings (SSSR count). The van der Waals surface area contributed by atoms with Gasteiger partial charge in [0.15, 0.2) is 10.5 Å². The van der Waals surface area contributed by atoms with E-state index in [1.54, 1.807) is 28.8 Å². The van der Waals surface area contributed by atoms with Crippen LogP contribution in [0.15, 0.2) is 52.0 Å². The Morgan fingerprint density at radius 3 is 2.52 bits per heavy atom. The summed E-state index contributed by atoms with van der Waals surface area (Å²) in [4.78, 5) is 0.0285. The Labute approximate surface area is 125 Å². The molecule has 9 heteroatoms. The lowest BCUT2D eigenvalue weighted by atomic mass is 10.3. The molecule has 3 N–H and O–H groups in total. The van der Waals surface area contributed by atoms with Crippen LogP contribution in [0.2, 0.25) is 0 Å². The van der Waals surface area contributed by atoms with Gasteiger partial charge in [-0.3, -0.25) is 9.67 Å². The summed E-state index contributed by atoms with van der Waals surface area (Å²) in [6.45, 7) is 0. The Balaban J connectivity index is 2.14. The number of rotatable bonds is 3. The minimum Gasteiger partial charge on any atom is -0.461 e. The van der Waals surface area contributed by atoms with E-state index in [-0.39, 0.29) is 4.90 Å². The van der Waals surface area contributed by atoms with Gasteiger partial charge in [0, 0.05) is 0 Å². The number of aromatic amines is 1. The number of sulfonamides is 1. The number of hydrogen-bond acceptors (Lipinski definition) is 5. The Hall–Kier alpha value is -2.23. The van der Waals surface area contributed by atoms with E-state index in [1.165, 1.54) is 18.4 Å². The van der Waals surface area contributed by atoms with Crippen LogP contribution in [0.3, 0.4) is 0 Å².